The van der Waals surface area contributed by atoms with Crippen LogP contribution in [0.2, 0.25) is 5.02 Å². The second kappa shape index (κ2) is 4.86. The van der Waals surface area contributed by atoms with Gasteiger partial charge in [0.25, 0.3) is 0 Å². The molecule has 1 aromatic rings. The predicted octanol–water partition coefficient (Wildman–Crippen LogP) is 2.96. The molecule has 0 amide bonds. The smallest absolute Gasteiger partial charge is 0.175 e. The molecule has 1 N–H and O–H groups in total. The molecule has 17 heavy (non-hydrogen) atoms. The van der Waals surface area contributed by atoms with E-state index in [9.17, 15) is 8.42 Å². The van der Waals surface area contributed by atoms with E-state index in [-0.39, 0.29) is 0 Å². The van der Waals surface area contributed by atoms with Gasteiger partial charge in [-0.15, -0.1) is 0 Å². The van der Waals surface area contributed by atoms with Crippen LogP contribution in [-0.2, 0) is 9.84 Å². The number of sulfone groups is 1. The molecule has 1 fully saturated rings. The maximum Gasteiger partial charge on any atom is 0.175 e. The summed E-state index contributed by atoms with van der Waals surface area (Å²) in [7, 11) is -3.17. The van der Waals surface area contributed by atoms with Crippen molar-refractivity contribution in [3.63, 3.8) is 0 Å². The Morgan fingerprint density at radius 2 is 2.12 bits per heavy atom. The summed E-state index contributed by atoms with van der Waals surface area (Å²) >= 11 is 6.03. The van der Waals surface area contributed by atoms with Gasteiger partial charge >= 0.3 is 0 Å². The number of anilines is 1. The average Bonchev–Trinajstić information content (AvgIpc) is 2.16. The molecule has 1 saturated carbocycles. The molecule has 0 saturated heterocycles. The Morgan fingerprint density at radius 1 is 1.41 bits per heavy atom. The molecule has 0 radical (unpaired) electrons. The number of rotatable bonds is 4. The lowest BCUT2D eigenvalue weighted by Gasteiger charge is -2.26. The Morgan fingerprint density at radius 3 is 2.65 bits per heavy atom. The highest BCUT2D eigenvalue weighted by Crippen LogP contribution is 2.29. The molecular weight excluding hydrogens is 258 g/mol. The summed E-state index contributed by atoms with van der Waals surface area (Å²) in [5, 5.41) is 3.80. The summed E-state index contributed by atoms with van der Waals surface area (Å²) in [6.07, 6.45) is 4.99. The van der Waals surface area contributed by atoms with Crippen LogP contribution in [0, 0.1) is 5.92 Å². The van der Waals surface area contributed by atoms with E-state index in [0.717, 1.165) is 6.54 Å². The summed E-state index contributed by atoms with van der Waals surface area (Å²) in [5.74, 6) is 0.702. The van der Waals surface area contributed by atoms with Crippen LogP contribution in [0.5, 0.6) is 0 Å². The molecule has 5 heteroatoms. The van der Waals surface area contributed by atoms with E-state index in [4.69, 9.17) is 11.6 Å². The van der Waals surface area contributed by atoms with E-state index in [1.807, 2.05) is 0 Å². The van der Waals surface area contributed by atoms with Gasteiger partial charge in [-0.05, 0) is 37.0 Å². The molecule has 3 nitrogen and oxygen atoms in total. The van der Waals surface area contributed by atoms with Crippen molar-refractivity contribution in [1.29, 1.82) is 0 Å². The molecule has 94 valence electrons. The molecule has 0 heterocycles. The maximum absolute atomic E-state index is 11.4. The fourth-order valence-corrected chi connectivity index (χ4v) is 2.65. The van der Waals surface area contributed by atoms with Gasteiger partial charge in [-0.1, -0.05) is 18.0 Å². The van der Waals surface area contributed by atoms with Gasteiger partial charge in [-0.25, -0.2) is 8.42 Å². The Balaban J connectivity index is 2.14. The van der Waals surface area contributed by atoms with Crippen LogP contribution in [0.3, 0.4) is 0 Å². The largest absolute Gasteiger partial charge is 0.384 e. The third kappa shape index (κ3) is 3.13. The van der Waals surface area contributed by atoms with Crippen LogP contribution in [0.4, 0.5) is 5.69 Å². The summed E-state index contributed by atoms with van der Waals surface area (Å²) in [5.41, 5.74) is 0.710. The predicted molar refractivity (Wildman–Crippen MR) is 70.4 cm³/mol. The topological polar surface area (TPSA) is 46.2 Å². The number of hydrogen-bond acceptors (Lipinski definition) is 3. The standard InChI is InChI=1S/C12H16ClNO2S/c1-17(15,16)10-5-6-11(13)12(7-10)14-8-9-3-2-4-9/h5-7,9,14H,2-4,8H2,1H3. The van der Waals surface area contributed by atoms with Crippen molar-refractivity contribution in [2.24, 2.45) is 5.92 Å². The van der Waals surface area contributed by atoms with Crippen LogP contribution < -0.4 is 5.32 Å². The van der Waals surface area contributed by atoms with Crippen molar-refractivity contribution < 1.29 is 8.42 Å². The fourth-order valence-electron chi connectivity index (χ4n) is 1.82. The summed E-state index contributed by atoms with van der Waals surface area (Å²) in [6, 6.07) is 4.77. The first kappa shape index (κ1) is 12.7. The van der Waals surface area contributed by atoms with Crippen LogP contribution in [0.15, 0.2) is 23.1 Å². The van der Waals surface area contributed by atoms with E-state index >= 15 is 0 Å². The van der Waals surface area contributed by atoms with Gasteiger partial charge in [0.2, 0.25) is 0 Å². The summed E-state index contributed by atoms with van der Waals surface area (Å²) in [6.45, 7) is 0.868. The van der Waals surface area contributed by atoms with E-state index in [2.05, 4.69) is 5.32 Å². The maximum atomic E-state index is 11.4. The average molecular weight is 274 g/mol. The van der Waals surface area contributed by atoms with Gasteiger partial charge in [0, 0.05) is 12.8 Å². The van der Waals surface area contributed by atoms with Gasteiger partial charge in [0.05, 0.1) is 15.6 Å². The van der Waals surface area contributed by atoms with Crippen LogP contribution in [-0.4, -0.2) is 21.2 Å². The van der Waals surface area contributed by atoms with Crippen molar-refractivity contribution in [3.8, 4) is 0 Å². The summed E-state index contributed by atoms with van der Waals surface area (Å²) in [4.78, 5) is 0.304. The Hall–Kier alpha value is -0.740. The van der Waals surface area contributed by atoms with Gasteiger partial charge in [-0.2, -0.15) is 0 Å². The van der Waals surface area contributed by atoms with Crippen molar-refractivity contribution in [1.82, 2.24) is 0 Å². The van der Waals surface area contributed by atoms with Crippen molar-refractivity contribution in [3.05, 3.63) is 23.2 Å². The lowest BCUT2D eigenvalue weighted by molar-refractivity contribution is 0.333. The van der Waals surface area contributed by atoms with Gasteiger partial charge < -0.3 is 5.32 Å². The Labute approximate surface area is 107 Å². The molecule has 1 aliphatic rings. The van der Waals surface area contributed by atoms with Gasteiger partial charge in [0.15, 0.2) is 9.84 Å². The van der Waals surface area contributed by atoms with Crippen molar-refractivity contribution >= 4 is 27.1 Å². The Kier molecular flexibility index (Phi) is 3.64. The van der Waals surface area contributed by atoms with Crippen molar-refractivity contribution in [2.45, 2.75) is 24.2 Å². The first-order chi connectivity index (χ1) is 7.97. The van der Waals surface area contributed by atoms with Crippen molar-refractivity contribution in [2.75, 3.05) is 18.1 Å². The van der Waals surface area contributed by atoms with Gasteiger partial charge in [-0.3, -0.25) is 0 Å². The van der Waals surface area contributed by atoms with Crippen LogP contribution in [0.1, 0.15) is 19.3 Å². The molecule has 0 spiro atoms. The molecule has 0 atom stereocenters. The molecule has 0 unspecified atom stereocenters. The second-order valence-corrected chi connectivity index (χ2v) is 7.01. The van der Waals surface area contributed by atoms with E-state index < -0.39 is 9.84 Å². The quantitative estimate of drug-likeness (QED) is 0.917. The van der Waals surface area contributed by atoms with Crippen LogP contribution in [0.25, 0.3) is 0 Å². The second-order valence-electron chi connectivity index (χ2n) is 4.59. The first-order valence-corrected chi connectivity index (χ1v) is 7.97. The highest BCUT2D eigenvalue weighted by Gasteiger charge is 2.17. The number of halogens is 1. The van der Waals surface area contributed by atoms with Gasteiger partial charge in [0.1, 0.15) is 0 Å². The zero-order valence-corrected chi connectivity index (χ0v) is 11.3. The highest BCUT2D eigenvalue weighted by atomic mass is 35.5. The molecule has 1 aliphatic carbocycles. The minimum atomic E-state index is -3.17. The number of benzene rings is 1. The third-order valence-electron chi connectivity index (χ3n) is 3.17. The van der Waals surface area contributed by atoms with E-state index in [1.54, 1.807) is 12.1 Å². The highest BCUT2D eigenvalue weighted by molar-refractivity contribution is 7.90. The third-order valence-corrected chi connectivity index (χ3v) is 4.61. The molecule has 2 rings (SSSR count). The fraction of sp³-hybridized carbons (Fsp3) is 0.500. The normalized spacial score (nSPS) is 16.6. The summed E-state index contributed by atoms with van der Waals surface area (Å²) < 4.78 is 22.9. The molecule has 1 aromatic carbocycles. The zero-order chi connectivity index (χ0) is 12.5. The Bertz CT molecular complexity index is 509. The SMILES string of the molecule is CS(=O)(=O)c1ccc(Cl)c(NCC2CCC2)c1. The lowest BCUT2D eigenvalue weighted by Crippen LogP contribution is -2.21. The van der Waals surface area contributed by atoms with Crippen LogP contribution >= 0.6 is 11.6 Å². The van der Waals surface area contributed by atoms with E-state index in [0.29, 0.717) is 21.5 Å². The molecule has 0 aliphatic heterocycles. The number of hydrogen-bond donors (Lipinski definition) is 1. The minimum absolute atomic E-state index is 0.304. The minimum Gasteiger partial charge on any atom is -0.384 e. The lowest BCUT2D eigenvalue weighted by atomic mass is 9.85. The van der Waals surface area contributed by atoms with E-state index in [1.165, 1.54) is 31.6 Å². The first-order valence-electron chi connectivity index (χ1n) is 5.70. The molecule has 0 bridgehead atoms. The number of nitrogens with one attached hydrogen (secondary N) is 1. The molecule has 0 aromatic heterocycles. The monoisotopic (exact) mass is 273 g/mol. The zero-order valence-electron chi connectivity index (χ0n) is 9.74. The molecular formula is C12H16ClNO2S.